The van der Waals surface area contributed by atoms with E-state index in [1.807, 2.05) is 0 Å². The van der Waals surface area contributed by atoms with Gasteiger partial charge >= 0.3 is 5.91 Å². The molecule has 1 unspecified atom stereocenters. The molecule has 1 aliphatic heterocycles. The zero-order chi connectivity index (χ0) is 9.84. The maximum Gasteiger partial charge on any atom is 0.308 e. The maximum atomic E-state index is 11.2. The second kappa shape index (κ2) is 3.93. The molecule has 1 aliphatic rings. The molecule has 2 amide bonds. The highest BCUT2D eigenvalue weighted by Crippen LogP contribution is 2.18. The Morgan fingerprint density at radius 3 is 2.77 bits per heavy atom. The molecule has 0 aromatic carbocycles. The molecule has 0 aliphatic carbocycles. The van der Waals surface area contributed by atoms with Crippen molar-refractivity contribution in [1.82, 2.24) is 4.90 Å². The number of carbonyl (C=O) groups excluding carboxylic acids is 2. The lowest BCUT2D eigenvalue weighted by molar-refractivity contribution is -0.133. The molecule has 1 atom stereocenters. The van der Waals surface area contributed by atoms with E-state index in [-0.39, 0.29) is 5.91 Å². The van der Waals surface area contributed by atoms with E-state index in [9.17, 15) is 14.5 Å². The molecule has 0 N–H and O–H groups in total. The van der Waals surface area contributed by atoms with Crippen LogP contribution in [0.4, 0.5) is 0 Å². The van der Waals surface area contributed by atoms with Gasteiger partial charge in [-0.05, 0) is 18.9 Å². The van der Waals surface area contributed by atoms with Crippen molar-refractivity contribution in [3.8, 4) is 0 Å². The Labute approximate surface area is 75.4 Å². The molecule has 1 saturated heterocycles. The Hall–Kier alpha value is -1.52. The predicted molar refractivity (Wildman–Crippen MR) is 45.7 cm³/mol. The number of nitroso groups, excluding NO2 is 1. The first-order valence-electron chi connectivity index (χ1n) is 4.01. The number of nitrogens with zero attached hydrogens (tertiary/aromatic N) is 2. The molecule has 5 heteroatoms. The van der Waals surface area contributed by atoms with Crippen LogP contribution in [0.5, 0.6) is 0 Å². The molecular weight excluding hydrogens is 172 g/mol. The standard InChI is InChI=1S/C8H10N2O3/c1-2-7(11)10-5-3-4-6(10)8(12)9-13/h2,6H,1,3-5H2. The lowest BCUT2D eigenvalue weighted by Gasteiger charge is -2.18. The number of carbonyl (C=O) groups is 2. The van der Waals surface area contributed by atoms with Crippen LogP contribution in [0.25, 0.3) is 0 Å². The highest BCUT2D eigenvalue weighted by atomic mass is 16.3. The third-order valence-electron chi connectivity index (χ3n) is 2.09. The van der Waals surface area contributed by atoms with Crippen molar-refractivity contribution < 1.29 is 9.59 Å². The molecule has 5 nitrogen and oxygen atoms in total. The summed E-state index contributed by atoms with van der Waals surface area (Å²) in [4.78, 5) is 33.4. The van der Waals surface area contributed by atoms with Gasteiger partial charge < -0.3 is 4.90 Å². The molecule has 0 aromatic rings. The highest BCUT2D eigenvalue weighted by molar-refractivity contribution is 5.93. The van der Waals surface area contributed by atoms with Gasteiger partial charge in [0.15, 0.2) is 0 Å². The summed E-state index contributed by atoms with van der Waals surface area (Å²) in [5.74, 6) is -1.09. The summed E-state index contributed by atoms with van der Waals surface area (Å²) in [5.41, 5.74) is 0. The topological polar surface area (TPSA) is 66.8 Å². The summed E-state index contributed by atoms with van der Waals surface area (Å²) in [6.07, 6.45) is 2.38. The van der Waals surface area contributed by atoms with Crippen molar-refractivity contribution >= 4 is 11.8 Å². The smallest absolute Gasteiger partial charge is 0.308 e. The number of hydrogen-bond donors (Lipinski definition) is 0. The van der Waals surface area contributed by atoms with E-state index < -0.39 is 11.9 Å². The van der Waals surface area contributed by atoms with Gasteiger partial charge in [-0.25, -0.2) is 0 Å². The van der Waals surface area contributed by atoms with Crippen LogP contribution < -0.4 is 0 Å². The van der Waals surface area contributed by atoms with Gasteiger partial charge in [0.1, 0.15) is 6.04 Å². The van der Waals surface area contributed by atoms with Crippen LogP contribution in [0, 0.1) is 4.91 Å². The normalized spacial score (nSPS) is 21.2. The lowest BCUT2D eigenvalue weighted by atomic mass is 10.2. The SMILES string of the molecule is C=CC(=O)N1CCCC1C(=O)N=O. The number of amides is 2. The second-order valence-electron chi connectivity index (χ2n) is 2.82. The van der Waals surface area contributed by atoms with Gasteiger partial charge in [0.25, 0.3) is 0 Å². The van der Waals surface area contributed by atoms with E-state index >= 15 is 0 Å². The van der Waals surface area contributed by atoms with Gasteiger partial charge in [-0.3, -0.25) is 9.59 Å². The largest absolute Gasteiger partial charge is 0.327 e. The van der Waals surface area contributed by atoms with E-state index in [2.05, 4.69) is 11.8 Å². The summed E-state index contributed by atoms with van der Waals surface area (Å²) in [5, 5.41) is 2.32. The Bertz CT molecular complexity index is 236. The van der Waals surface area contributed by atoms with Gasteiger partial charge in [-0.15, -0.1) is 4.91 Å². The van der Waals surface area contributed by atoms with E-state index in [4.69, 9.17) is 0 Å². The van der Waals surface area contributed by atoms with Crippen LogP contribution >= 0.6 is 0 Å². The molecule has 0 spiro atoms. The molecule has 0 aromatic heterocycles. The Morgan fingerprint density at radius 1 is 1.54 bits per heavy atom. The Morgan fingerprint density at radius 2 is 2.23 bits per heavy atom. The van der Waals surface area contributed by atoms with Gasteiger partial charge in [-0.1, -0.05) is 6.58 Å². The summed E-state index contributed by atoms with van der Waals surface area (Å²) < 4.78 is 0. The van der Waals surface area contributed by atoms with Crippen LogP contribution in [0.15, 0.2) is 17.8 Å². The fourth-order valence-electron chi connectivity index (χ4n) is 1.47. The fraction of sp³-hybridized carbons (Fsp3) is 0.500. The highest BCUT2D eigenvalue weighted by Gasteiger charge is 2.33. The molecule has 13 heavy (non-hydrogen) atoms. The van der Waals surface area contributed by atoms with E-state index in [0.29, 0.717) is 13.0 Å². The molecule has 0 saturated carbocycles. The third kappa shape index (κ3) is 1.80. The first-order valence-corrected chi connectivity index (χ1v) is 4.01. The van der Waals surface area contributed by atoms with E-state index in [1.165, 1.54) is 4.90 Å². The van der Waals surface area contributed by atoms with Crippen molar-refractivity contribution in [1.29, 1.82) is 0 Å². The average Bonchev–Trinajstić information content (AvgIpc) is 2.63. The molecule has 0 bridgehead atoms. The van der Waals surface area contributed by atoms with Gasteiger partial charge in [0, 0.05) is 11.7 Å². The average molecular weight is 182 g/mol. The van der Waals surface area contributed by atoms with Crippen molar-refractivity contribution in [2.45, 2.75) is 18.9 Å². The monoisotopic (exact) mass is 182 g/mol. The van der Waals surface area contributed by atoms with E-state index in [1.54, 1.807) is 0 Å². The van der Waals surface area contributed by atoms with Crippen molar-refractivity contribution in [3.05, 3.63) is 17.6 Å². The summed E-state index contributed by atoms with van der Waals surface area (Å²) in [6.45, 7) is 3.81. The minimum Gasteiger partial charge on any atom is -0.327 e. The molecule has 1 fully saturated rings. The second-order valence-corrected chi connectivity index (χ2v) is 2.82. The zero-order valence-corrected chi connectivity index (χ0v) is 7.10. The molecule has 1 heterocycles. The fourth-order valence-corrected chi connectivity index (χ4v) is 1.47. The quantitative estimate of drug-likeness (QED) is 0.460. The Kier molecular flexibility index (Phi) is 2.89. The zero-order valence-electron chi connectivity index (χ0n) is 7.10. The number of rotatable bonds is 2. The van der Waals surface area contributed by atoms with Gasteiger partial charge in [-0.2, -0.15) is 0 Å². The first-order chi connectivity index (χ1) is 6.20. The summed E-state index contributed by atoms with van der Waals surface area (Å²) in [6, 6.07) is -0.664. The number of hydrogen-bond acceptors (Lipinski definition) is 3. The van der Waals surface area contributed by atoms with Crippen LogP contribution in [-0.2, 0) is 9.59 Å². The van der Waals surface area contributed by atoms with E-state index in [0.717, 1.165) is 12.5 Å². The van der Waals surface area contributed by atoms with Crippen molar-refractivity contribution in [2.75, 3.05) is 6.54 Å². The minimum atomic E-state index is -0.771. The molecule has 70 valence electrons. The van der Waals surface area contributed by atoms with Crippen LogP contribution in [0.2, 0.25) is 0 Å². The van der Waals surface area contributed by atoms with Gasteiger partial charge in [0.2, 0.25) is 5.91 Å². The predicted octanol–water partition coefficient (Wildman–Crippen LogP) is 0.456. The van der Waals surface area contributed by atoms with Crippen LogP contribution in [-0.4, -0.2) is 29.3 Å². The minimum absolute atomic E-state index is 0.320. The summed E-state index contributed by atoms with van der Waals surface area (Å²) in [7, 11) is 0. The van der Waals surface area contributed by atoms with Gasteiger partial charge in [0.05, 0.1) is 0 Å². The van der Waals surface area contributed by atoms with Crippen LogP contribution in [0.3, 0.4) is 0 Å². The number of likely N-dealkylation sites (tertiary alicyclic amines) is 1. The third-order valence-corrected chi connectivity index (χ3v) is 2.09. The molecule has 0 radical (unpaired) electrons. The first kappa shape index (κ1) is 9.57. The van der Waals surface area contributed by atoms with Crippen molar-refractivity contribution in [2.24, 2.45) is 5.18 Å². The maximum absolute atomic E-state index is 11.2. The van der Waals surface area contributed by atoms with Crippen molar-refractivity contribution in [3.63, 3.8) is 0 Å². The molecular formula is C8H10N2O3. The molecule has 1 rings (SSSR count). The lowest BCUT2D eigenvalue weighted by Crippen LogP contribution is -2.38. The van der Waals surface area contributed by atoms with Crippen LogP contribution in [0.1, 0.15) is 12.8 Å². The Balaban J connectivity index is 2.74. The summed E-state index contributed by atoms with van der Waals surface area (Å²) >= 11 is 0.